The van der Waals surface area contributed by atoms with Crippen molar-refractivity contribution in [1.29, 1.82) is 0 Å². The number of carbonyl (C=O) groups excluding carboxylic acids is 1. The molecule has 3 nitrogen and oxygen atoms in total. The molecule has 2 aliphatic heterocycles. The Labute approximate surface area is 135 Å². The molecule has 1 aromatic rings. The molecule has 0 N–H and O–H groups in total. The Bertz CT molecular complexity index is 519. The largest absolute Gasteiger partial charge is 0.301 e. The lowest BCUT2D eigenvalue weighted by molar-refractivity contribution is 0.0960. The fourth-order valence-corrected chi connectivity index (χ4v) is 4.17. The Hall–Kier alpha value is -0.710. The van der Waals surface area contributed by atoms with E-state index in [0.717, 1.165) is 35.7 Å². The summed E-state index contributed by atoms with van der Waals surface area (Å²) in [6.07, 6.45) is 4.53. The maximum Gasteiger partial charge on any atom is 0.165 e. The highest BCUT2D eigenvalue weighted by Crippen LogP contribution is 2.28. The summed E-state index contributed by atoms with van der Waals surface area (Å²) in [6.45, 7) is 3.14. The van der Waals surface area contributed by atoms with Gasteiger partial charge in [-0.25, -0.2) is 0 Å². The summed E-state index contributed by atoms with van der Waals surface area (Å²) in [5, 5.41) is 0. The van der Waals surface area contributed by atoms with Crippen LogP contribution in [0.3, 0.4) is 0 Å². The molecule has 0 radical (unpaired) electrons. The van der Waals surface area contributed by atoms with Crippen LogP contribution in [0, 0.1) is 0 Å². The Kier molecular flexibility index (Phi) is 4.77. The predicted octanol–water partition coefficient (Wildman–Crippen LogP) is 3.19. The van der Waals surface area contributed by atoms with Gasteiger partial charge in [0.15, 0.2) is 5.78 Å². The summed E-state index contributed by atoms with van der Waals surface area (Å²) < 4.78 is 0.907. The van der Waals surface area contributed by atoms with Gasteiger partial charge in [-0.05, 0) is 38.9 Å². The quantitative estimate of drug-likeness (QED) is 0.779. The van der Waals surface area contributed by atoms with E-state index in [-0.39, 0.29) is 5.78 Å². The first-order chi connectivity index (χ1) is 10.1. The lowest BCUT2D eigenvalue weighted by Crippen LogP contribution is -2.37. The van der Waals surface area contributed by atoms with Crippen molar-refractivity contribution in [1.82, 2.24) is 9.80 Å². The van der Waals surface area contributed by atoms with E-state index in [1.807, 2.05) is 24.3 Å². The number of hydrogen-bond donors (Lipinski definition) is 0. The molecule has 21 heavy (non-hydrogen) atoms. The second kappa shape index (κ2) is 6.59. The summed E-state index contributed by atoms with van der Waals surface area (Å²) in [5.74, 6) is 0.241. The van der Waals surface area contributed by atoms with Gasteiger partial charge in [0, 0.05) is 41.6 Å². The van der Waals surface area contributed by atoms with Gasteiger partial charge in [0.1, 0.15) is 0 Å². The summed E-state index contributed by atoms with van der Waals surface area (Å²) >= 11 is 3.47. The number of likely N-dealkylation sites (N-methyl/N-ethyl adjacent to an activating group) is 1. The molecule has 0 amide bonds. The zero-order valence-corrected chi connectivity index (χ0v) is 14.2. The molecular weight excluding hydrogens is 328 g/mol. The third-order valence-corrected chi connectivity index (χ3v) is 5.75. The van der Waals surface area contributed by atoms with Gasteiger partial charge in [0.2, 0.25) is 0 Å². The van der Waals surface area contributed by atoms with E-state index in [1.165, 1.54) is 19.3 Å². The molecule has 2 bridgehead atoms. The number of benzene rings is 1. The maximum atomic E-state index is 12.4. The van der Waals surface area contributed by atoms with Crippen molar-refractivity contribution in [3.63, 3.8) is 0 Å². The molecule has 2 unspecified atom stereocenters. The first kappa shape index (κ1) is 15.2. The van der Waals surface area contributed by atoms with Crippen molar-refractivity contribution in [2.45, 2.75) is 37.8 Å². The first-order valence-corrected chi connectivity index (χ1v) is 8.66. The van der Waals surface area contributed by atoms with E-state index in [0.29, 0.717) is 12.5 Å². The van der Waals surface area contributed by atoms with Crippen LogP contribution in [0.4, 0.5) is 0 Å². The number of likely N-dealkylation sites (tertiary alicyclic amines) is 1. The second-order valence-electron chi connectivity index (χ2n) is 6.29. The normalized spacial score (nSPS) is 26.8. The van der Waals surface area contributed by atoms with E-state index in [4.69, 9.17) is 0 Å². The van der Waals surface area contributed by atoms with Crippen LogP contribution in [-0.4, -0.2) is 54.3 Å². The smallest absolute Gasteiger partial charge is 0.165 e. The Morgan fingerprint density at radius 2 is 2.00 bits per heavy atom. The van der Waals surface area contributed by atoms with Crippen molar-refractivity contribution in [2.75, 3.05) is 26.7 Å². The molecule has 0 aromatic heterocycles. The average molecular weight is 351 g/mol. The van der Waals surface area contributed by atoms with Crippen LogP contribution < -0.4 is 0 Å². The van der Waals surface area contributed by atoms with Crippen LogP contribution >= 0.6 is 15.9 Å². The van der Waals surface area contributed by atoms with E-state index in [9.17, 15) is 4.79 Å². The number of rotatable bonds is 4. The van der Waals surface area contributed by atoms with E-state index in [1.54, 1.807) is 0 Å². The minimum absolute atomic E-state index is 0.241. The Morgan fingerprint density at radius 3 is 2.81 bits per heavy atom. The molecule has 2 heterocycles. The molecule has 2 atom stereocenters. The van der Waals surface area contributed by atoms with Crippen LogP contribution in [0.5, 0.6) is 0 Å². The standard InChI is InChI=1S/C17H23BrN2O/c1-19-13-6-7-14(19)12-20(10-8-13)11-9-17(21)15-4-2-3-5-16(15)18/h2-5,13-14H,6-12H2,1H3. The van der Waals surface area contributed by atoms with Gasteiger partial charge in [0.25, 0.3) is 0 Å². The van der Waals surface area contributed by atoms with Crippen LogP contribution in [0.1, 0.15) is 36.0 Å². The first-order valence-electron chi connectivity index (χ1n) is 7.87. The molecule has 0 spiro atoms. The van der Waals surface area contributed by atoms with Crippen molar-refractivity contribution < 1.29 is 4.79 Å². The van der Waals surface area contributed by atoms with Gasteiger partial charge in [-0.1, -0.05) is 34.1 Å². The fourth-order valence-electron chi connectivity index (χ4n) is 3.66. The van der Waals surface area contributed by atoms with Crippen molar-refractivity contribution in [2.24, 2.45) is 0 Å². The van der Waals surface area contributed by atoms with Crippen LogP contribution in [0.2, 0.25) is 0 Å². The second-order valence-corrected chi connectivity index (χ2v) is 7.15. The zero-order chi connectivity index (χ0) is 14.8. The Morgan fingerprint density at radius 1 is 1.24 bits per heavy atom. The molecule has 2 aliphatic rings. The summed E-state index contributed by atoms with van der Waals surface area (Å²) in [6, 6.07) is 9.17. The number of ketones is 1. The molecule has 4 heteroatoms. The number of fused-ring (bicyclic) bond motifs is 2. The molecule has 2 saturated heterocycles. The number of halogens is 1. The van der Waals surface area contributed by atoms with Crippen molar-refractivity contribution in [3.05, 3.63) is 34.3 Å². The van der Waals surface area contributed by atoms with E-state index in [2.05, 4.69) is 32.8 Å². The summed E-state index contributed by atoms with van der Waals surface area (Å²) in [4.78, 5) is 17.4. The number of hydrogen-bond acceptors (Lipinski definition) is 3. The van der Waals surface area contributed by atoms with Crippen LogP contribution in [-0.2, 0) is 0 Å². The minimum atomic E-state index is 0.241. The average Bonchev–Trinajstić information content (AvgIpc) is 2.72. The molecule has 0 saturated carbocycles. The highest BCUT2D eigenvalue weighted by atomic mass is 79.9. The summed E-state index contributed by atoms with van der Waals surface area (Å²) in [5.41, 5.74) is 0.811. The van der Waals surface area contributed by atoms with E-state index >= 15 is 0 Å². The highest BCUT2D eigenvalue weighted by molar-refractivity contribution is 9.10. The third-order valence-electron chi connectivity index (χ3n) is 5.06. The molecule has 2 fully saturated rings. The maximum absolute atomic E-state index is 12.4. The van der Waals surface area contributed by atoms with Gasteiger partial charge >= 0.3 is 0 Å². The fraction of sp³-hybridized carbons (Fsp3) is 0.588. The lowest BCUT2D eigenvalue weighted by Gasteiger charge is -2.25. The topological polar surface area (TPSA) is 23.6 Å². The van der Waals surface area contributed by atoms with Crippen molar-refractivity contribution in [3.8, 4) is 0 Å². The zero-order valence-electron chi connectivity index (χ0n) is 12.6. The van der Waals surface area contributed by atoms with Crippen molar-refractivity contribution >= 4 is 21.7 Å². The monoisotopic (exact) mass is 350 g/mol. The molecule has 3 rings (SSSR count). The van der Waals surface area contributed by atoms with Gasteiger partial charge in [0.05, 0.1) is 0 Å². The van der Waals surface area contributed by atoms with Gasteiger partial charge < -0.3 is 4.90 Å². The van der Waals surface area contributed by atoms with Crippen LogP contribution in [0.25, 0.3) is 0 Å². The van der Waals surface area contributed by atoms with Gasteiger partial charge in [-0.15, -0.1) is 0 Å². The highest BCUT2D eigenvalue weighted by Gasteiger charge is 2.34. The van der Waals surface area contributed by atoms with Gasteiger partial charge in [-0.3, -0.25) is 9.69 Å². The van der Waals surface area contributed by atoms with E-state index < -0.39 is 0 Å². The SMILES string of the molecule is CN1C2CCC1CN(CCC(=O)c1ccccc1Br)CC2. The number of Topliss-reactive ketones (excluding diaryl/α,β-unsaturated/α-hetero) is 1. The number of nitrogens with zero attached hydrogens (tertiary/aromatic N) is 2. The minimum Gasteiger partial charge on any atom is -0.301 e. The molecular formula is C17H23BrN2O. The third kappa shape index (κ3) is 3.38. The molecule has 114 valence electrons. The lowest BCUT2D eigenvalue weighted by atomic mass is 10.1. The molecule has 1 aromatic carbocycles. The van der Waals surface area contributed by atoms with Gasteiger partial charge in [-0.2, -0.15) is 0 Å². The molecule has 0 aliphatic carbocycles. The van der Waals surface area contributed by atoms with Crippen LogP contribution in [0.15, 0.2) is 28.7 Å². The number of carbonyl (C=O) groups is 1. The summed E-state index contributed by atoms with van der Waals surface area (Å²) in [7, 11) is 2.26. The Balaban J connectivity index is 1.56. The predicted molar refractivity (Wildman–Crippen MR) is 88.7 cm³/mol.